The molecular weight excluding hydrogens is 545 g/mol. The Kier molecular flexibility index (Phi) is 11.3. The van der Waals surface area contributed by atoms with Crippen molar-refractivity contribution in [3.8, 4) is 0 Å². The molecule has 0 aliphatic rings. The fourth-order valence-corrected chi connectivity index (χ4v) is 5.30. The predicted molar refractivity (Wildman–Crippen MR) is 147 cm³/mol. The number of sulfonamides is 1. The highest BCUT2D eigenvalue weighted by Gasteiger charge is 2.29. The van der Waals surface area contributed by atoms with Crippen LogP contribution in [0.25, 0.3) is 0 Å². The van der Waals surface area contributed by atoms with Crippen LogP contribution in [-0.4, -0.2) is 50.0 Å². The second kappa shape index (κ2) is 13.5. The minimum atomic E-state index is -3.58. The van der Waals surface area contributed by atoms with Gasteiger partial charge in [-0.3, -0.25) is 13.9 Å². The molecule has 2 rings (SSSR count). The maximum Gasteiger partial charge on any atom is 0.243 e. The van der Waals surface area contributed by atoms with Gasteiger partial charge in [0.15, 0.2) is 0 Å². The highest BCUT2D eigenvalue weighted by Crippen LogP contribution is 2.25. The van der Waals surface area contributed by atoms with Crippen molar-refractivity contribution in [1.29, 1.82) is 0 Å². The van der Waals surface area contributed by atoms with Crippen molar-refractivity contribution >= 4 is 62.3 Å². The molecule has 0 heterocycles. The molecule has 0 radical (unpaired) electrons. The maximum absolute atomic E-state index is 13.4. The molecule has 11 heteroatoms. The van der Waals surface area contributed by atoms with Gasteiger partial charge in [-0.15, -0.1) is 0 Å². The summed E-state index contributed by atoms with van der Waals surface area (Å²) >= 11 is 18.3. The lowest BCUT2D eigenvalue weighted by Gasteiger charge is -2.32. The molecule has 2 aromatic carbocycles. The summed E-state index contributed by atoms with van der Waals surface area (Å²) in [5, 5.41) is 4.22. The van der Waals surface area contributed by atoms with Gasteiger partial charge in [0.25, 0.3) is 0 Å². The van der Waals surface area contributed by atoms with E-state index in [1.807, 2.05) is 20.8 Å². The fourth-order valence-electron chi connectivity index (χ4n) is 3.74. The number of nitrogens with one attached hydrogen (secondary N) is 1. The number of nitrogens with zero attached hydrogens (tertiary/aromatic N) is 2. The fraction of sp³-hybridized carbons (Fsp3) is 0.440. The SMILES string of the molecule is CC[C@@H](C(=O)NC(C)C)N(Cc1ccc(Cl)cc1Cl)C(=O)CCCN(c1ccc(Cl)cc1)S(C)(=O)=O. The molecule has 0 saturated heterocycles. The number of carbonyl (C=O) groups is 2. The number of hydrogen-bond acceptors (Lipinski definition) is 4. The minimum absolute atomic E-state index is 0.0380. The second-order valence-electron chi connectivity index (χ2n) is 8.76. The van der Waals surface area contributed by atoms with E-state index in [9.17, 15) is 18.0 Å². The van der Waals surface area contributed by atoms with Crippen molar-refractivity contribution in [2.45, 2.75) is 58.7 Å². The highest BCUT2D eigenvalue weighted by atomic mass is 35.5. The van der Waals surface area contributed by atoms with Crippen LogP contribution in [0.4, 0.5) is 5.69 Å². The van der Waals surface area contributed by atoms with Crippen molar-refractivity contribution in [3.05, 3.63) is 63.1 Å². The monoisotopic (exact) mass is 575 g/mol. The summed E-state index contributed by atoms with van der Waals surface area (Å²) in [7, 11) is -3.58. The van der Waals surface area contributed by atoms with E-state index in [-0.39, 0.29) is 43.8 Å². The number of carbonyl (C=O) groups excluding carboxylic acids is 2. The van der Waals surface area contributed by atoms with Crippen LogP contribution < -0.4 is 9.62 Å². The van der Waals surface area contributed by atoms with Gasteiger partial charge >= 0.3 is 0 Å². The smallest absolute Gasteiger partial charge is 0.243 e. The summed E-state index contributed by atoms with van der Waals surface area (Å²) in [5.41, 5.74) is 1.12. The molecule has 1 N–H and O–H groups in total. The van der Waals surface area contributed by atoms with E-state index in [0.717, 1.165) is 6.26 Å². The Balaban J connectivity index is 2.25. The highest BCUT2D eigenvalue weighted by molar-refractivity contribution is 7.92. The quantitative estimate of drug-likeness (QED) is 0.360. The summed E-state index contributed by atoms with van der Waals surface area (Å²) in [6, 6.07) is 10.6. The van der Waals surface area contributed by atoms with Crippen LogP contribution in [0.5, 0.6) is 0 Å². The Morgan fingerprint density at radius 1 is 1.00 bits per heavy atom. The first-order valence-electron chi connectivity index (χ1n) is 11.6. The van der Waals surface area contributed by atoms with E-state index in [1.165, 1.54) is 9.21 Å². The number of benzene rings is 2. The van der Waals surface area contributed by atoms with E-state index in [0.29, 0.717) is 32.7 Å². The number of rotatable bonds is 12. The molecule has 36 heavy (non-hydrogen) atoms. The zero-order valence-corrected chi connectivity index (χ0v) is 23.9. The summed E-state index contributed by atoms with van der Waals surface area (Å²) < 4.78 is 26.0. The summed E-state index contributed by atoms with van der Waals surface area (Å²) in [6.45, 7) is 5.75. The van der Waals surface area contributed by atoms with Gasteiger partial charge in [0.2, 0.25) is 21.8 Å². The third-order valence-electron chi connectivity index (χ3n) is 5.44. The largest absolute Gasteiger partial charge is 0.352 e. The van der Waals surface area contributed by atoms with E-state index >= 15 is 0 Å². The van der Waals surface area contributed by atoms with E-state index < -0.39 is 16.1 Å². The Bertz CT molecular complexity index is 1160. The van der Waals surface area contributed by atoms with Crippen LogP contribution in [0.3, 0.4) is 0 Å². The molecule has 0 unspecified atom stereocenters. The zero-order chi connectivity index (χ0) is 27.0. The van der Waals surface area contributed by atoms with Gasteiger partial charge in [-0.2, -0.15) is 0 Å². The first-order valence-corrected chi connectivity index (χ1v) is 14.6. The summed E-state index contributed by atoms with van der Waals surface area (Å²) in [4.78, 5) is 27.8. The number of anilines is 1. The Labute approximate surface area is 228 Å². The van der Waals surface area contributed by atoms with Gasteiger partial charge in [0, 0.05) is 40.6 Å². The second-order valence-corrected chi connectivity index (χ2v) is 11.9. The molecule has 198 valence electrons. The van der Waals surface area contributed by atoms with Crippen molar-refractivity contribution in [2.24, 2.45) is 0 Å². The average molecular weight is 577 g/mol. The number of hydrogen-bond donors (Lipinski definition) is 1. The molecule has 7 nitrogen and oxygen atoms in total. The Morgan fingerprint density at radius 3 is 2.14 bits per heavy atom. The molecule has 0 aliphatic heterocycles. The normalized spacial score (nSPS) is 12.3. The standard InChI is InChI=1S/C25H32Cl3N3O4S/c1-5-23(25(33)29-17(2)3)30(16-18-8-9-20(27)15-22(18)28)24(32)7-6-14-31(36(4,34)35)21-12-10-19(26)11-13-21/h8-13,15,17,23H,5-7,14,16H2,1-4H3,(H,29,33)/t23-/m0/s1. The first kappa shape index (κ1) is 30.2. The summed E-state index contributed by atoms with van der Waals surface area (Å²) in [6.07, 6.45) is 1.80. The molecule has 2 amide bonds. The van der Waals surface area contributed by atoms with Gasteiger partial charge in [0.05, 0.1) is 11.9 Å². The maximum atomic E-state index is 13.4. The molecule has 0 aliphatic carbocycles. The number of amides is 2. The third kappa shape index (κ3) is 8.83. The van der Waals surface area contributed by atoms with Crippen LogP contribution in [-0.2, 0) is 26.2 Å². The Morgan fingerprint density at radius 2 is 1.61 bits per heavy atom. The van der Waals surface area contributed by atoms with Gasteiger partial charge in [-0.25, -0.2) is 8.42 Å². The third-order valence-corrected chi connectivity index (χ3v) is 7.47. The molecule has 0 aromatic heterocycles. The van der Waals surface area contributed by atoms with Crippen molar-refractivity contribution in [2.75, 3.05) is 17.1 Å². The predicted octanol–water partition coefficient (Wildman–Crippen LogP) is 5.53. The zero-order valence-electron chi connectivity index (χ0n) is 20.8. The number of halogens is 3. The lowest BCUT2D eigenvalue weighted by molar-refractivity contribution is -0.141. The van der Waals surface area contributed by atoms with Gasteiger partial charge in [0.1, 0.15) is 6.04 Å². The van der Waals surface area contributed by atoms with Crippen LogP contribution in [0, 0.1) is 0 Å². The van der Waals surface area contributed by atoms with Crippen LogP contribution in [0.2, 0.25) is 15.1 Å². The van der Waals surface area contributed by atoms with Gasteiger partial charge in [-0.05, 0) is 68.7 Å². The average Bonchev–Trinajstić information content (AvgIpc) is 2.77. The minimum Gasteiger partial charge on any atom is -0.352 e. The van der Waals surface area contributed by atoms with Crippen molar-refractivity contribution in [1.82, 2.24) is 10.2 Å². The van der Waals surface area contributed by atoms with Crippen LogP contribution in [0.1, 0.15) is 45.6 Å². The van der Waals surface area contributed by atoms with Gasteiger partial charge in [-0.1, -0.05) is 47.8 Å². The topological polar surface area (TPSA) is 86.8 Å². The van der Waals surface area contributed by atoms with Crippen LogP contribution >= 0.6 is 34.8 Å². The van der Waals surface area contributed by atoms with Crippen molar-refractivity contribution < 1.29 is 18.0 Å². The van der Waals surface area contributed by atoms with Crippen LogP contribution in [0.15, 0.2) is 42.5 Å². The first-order chi connectivity index (χ1) is 16.8. The van der Waals surface area contributed by atoms with E-state index in [1.54, 1.807) is 42.5 Å². The van der Waals surface area contributed by atoms with E-state index in [2.05, 4.69) is 5.32 Å². The molecule has 0 bridgehead atoms. The lowest BCUT2D eigenvalue weighted by atomic mass is 10.1. The molecule has 0 spiro atoms. The molecule has 1 atom stereocenters. The molecule has 0 fully saturated rings. The summed E-state index contributed by atoms with van der Waals surface area (Å²) in [5.74, 6) is -0.541. The molecule has 2 aromatic rings. The molecular formula is C25H32Cl3N3O4S. The van der Waals surface area contributed by atoms with Crippen molar-refractivity contribution in [3.63, 3.8) is 0 Å². The molecule has 0 saturated carbocycles. The lowest BCUT2D eigenvalue weighted by Crippen LogP contribution is -2.50. The van der Waals surface area contributed by atoms with Gasteiger partial charge < -0.3 is 10.2 Å². The van der Waals surface area contributed by atoms with E-state index in [4.69, 9.17) is 34.8 Å². The Hall–Kier alpha value is -2.00.